The molecule has 0 saturated carbocycles. The van der Waals surface area contributed by atoms with E-state index in [9.17, 15) is 0 Å². The van der Waals surface area contributed by atoms with Crippen LogP contribution >= 0.6 is 0 Å². The molecule has 0 fully saturated rings. The first-order chi connectivity index (χ1) is 5.22. The smallest absolute Gasteiger partial charge is 0.0491 e. The molecule has 0 saturated heterocycles. The summed E-state index contributed by atoms with van der Waals surface area (Å²) in [7, 11) is 1.69. The first-order valence-electron chi connectivity index (χ1n) is 4.20. The highest BCUT2D eigenvalue weighted by Crippen LogP contribution is 2.15. The SMILES string of the molecule is CCC/C(=C\N=N/C)C(C)C. The molecular formula is C9H18N2. The maximum atomic E-state index is 3.87. The molecule has 0 unspecified atom stereocenters. The van der Waals surface area contributed by atoms with Gasteiger partial charge in [0.05, 0.1) is 0 Å². The highest BCUT2D eigenvalue weighted by molar-refractivity contribution is 5.02. The summed E-state index contributed by atoms with van der Waals surface area (Å²) in [6.45, 7) is 6.55. The lowest BCUT2D eigenvalue weighted by molar-refractivity contribution is 0.697. The van der Waals surface area contributed by atoms with Gasteiger partial charge in [0.15, 0.2) is 0 Å². The Kier molecular flexibility index (Phi) is 5.71. The number of nitrogens with zero attached hydrogens (tertiary/aromatic N) is 2. The van der Waals surface area contributed by atoms with E-state index in [-0.39, 0.29) is 0 Å². The third kappa shape index (κ3) is 4.71. The van der Waals surface area contributed by atoms with Gasteiger partial charge >= 0.3 is 0 Å². The van der Waals surface area contributed by atoms with Gasteiger partial charge in [0.1, 0.15) is 0 Å². The van der Waals surface area contributed by atoms with E-state index < -0.39 is 0 Å². The van der Waals surface area contributed by atoms with E-state index >= 15 is 0 Å². The fourth-order valence-electron chi connectivity index (χ4n) is 0.923. The molecule has 0 aromatic rings. The van der Waals surface area contributed by atoms with Crippen molar-refractivity contribution in [1.29, 1.82) is 0 Å². The topological polar surface area (TPSA) is 24.7 Å². The minimum atomic E-state index is 0.598. The Labute approximate surface area is 69.4 Å². The van der Waals surface area contributed by atoms with Crippen molar-refractivity contribution in [2.24, 2.45) is 16.1 Å². The molecule has 0 aliphatic carbocycles. The van der Waals surface area contributed by atoms with Gasteiger partial charge in [0.25, 0.3) is 0 Å². The van der Waals surface area contributed by atoms with Gasteiger partial charge in [-0.1, -0.05) is 27.2 Å². The van der Waals surface area contributed by atoms with Crippen molar-refractivity contribution in [2.75, 3.05) is 7.05 Å². The number of rotatable bonds is 4. The van der Waals surface area contributed by atoms with E-state index in [4.69, 9.17) is 0 Å². The average molecular weight is 154 g/mol. The standard InChI is InChI=1S/C9H18N2/c1-5-6-9(8(2)3)7-11-10-4/h7-8H,5-6H2,1-4H3/b9-7+,11-10-. The van der Waals surface area contributed by atoms with E-state index in [1.165, 1.54) is 12.0 Å². The van der Waals surface area contributed by atoms with Crippen LogP contribution in [0, 0.1) is 5.92 Å². The summed E-state index contributed by atoms with van der Waals surface area (Å²) >= 11 is 0. The van der Waals surface area contributed by atoms with Crippen LogP contribution in [0.25, 0.3) is 0 Å². The van der Waals surface area contributed by atoms with Crippen molar-refractivity contribution in [3.05, 3.63) is 11.8 Å². The number of azo groups is 1. The molecule has 0 atom stereocenters. The maximum Gasteiger partial charge on any atom is 0.0491 e. The van der Waals surface area contributed by atoms with Crippen molar-refractivity contribution < 1.29 is 0 Å². The molecule has 0 heterocycles. The Morgan fingerprint density at radius 3 is 2.45 bits per heavy atom. The van der Waals surface area contributed by atoms with Crippen molar-refractivity contribution >= 4 is 0 Å². The second-order valence-corrected chi connectivity index (χ2v) is 2.92. The predicted octanol–water partition coefficient (Wildman–Crippen LogP) is 3.41. The van der Waals surface area contributed by atoms with Gasteiger partial charge < -0.3 is 0 Å². The lowest BCUT2D eigenvalue weighted by Crippen LogP contribution is -1.92. The van der Waals surface area contributed by atoms with Crippen molar-refractivity contribution in [2.45, 2.75) is 33.6 Å². The van der Waals surface area contributed by atoms with E-state index in [1.54, 1.807) is 7.05 Å². The summed E-state index contributed by atoms with van der Waals surface area (Å²) < 4.78 is 0. The molecule has 2 heteroatoms. The van der Waals surface area contributed by atoms with Crippen molar-refractivity contribution in [3.63, 3.8) is 0 Å². The zero-order valence-electron chi connectivity index (χ0n) is 7.96. The Bertz CT molecular complexity index is 146. The van der Waals surface area contributed by atoms with Crippen molar-refractivity contribution in [1.82, 2.24) is 0 Å². The lowest BCUT2D eigenvalue weighted by Gasteiger charge is -2.07. The van der Waals surface area contributed by atoms with Crippen LogP contribution in [0.3, 0.4) is 0 Å². The summed E-state index contributed by atoms with van der Waals surface area (Å²) in [6, 6.07) is 0. The summed E-state index contributed by atoms with van der Waals surface area (Å²) in [5.41, 5.74) is 1.39. The monoisotopic (exact) mass is 154 g/mol. The quantitative estimate of drug-likeness (QED) is 0.554. The number of hydrogen-bond acceptors (Lipinski definition) is 2. The molecule has 0 N–H and O–H groups in total. The Hall–Kier alpha value is -0.660. The third-order valence-electron chi connectivity index (χ3n) is 1.62. The number of allylic oxidation sites excluding steroid dienone is 1. The fraction of sp³-hybridized carbons (Fsp3) is 0.778. The van der Waals surface area contributed by atoms with E-state index in [2.05, 4.69) is 31.0 Å². The number of hydrogen-bond donors (Lipinski definition) is 0. The molecule has 0 spiro atoms. The van der Waals surface area contributed by atoms with Gasteiger partial charge in [-0.05, 0) is 17.9 Å². The summed E-state index contributed by atoms with van der Waals surface area (Å²) in [5.74, 6) is 0.598. The average Bonchev–Trinajstić information content (AvgIpc) is 1.97. The lowest BCUT2D eigenvalue weighted by atomic mass is 10.0. The second-order valence-electron chi connectivity index (χ2n) is 2.92. The zero-order valence-corrected chi connectivity index (χ0v) is 7.96. The van der Waals surface area contributed by atoms with Crippen LogP contribution in [0.1, 0.15) is 33.6 Å². The Morgan fingerprint density at radius 2 is 2.09 bits per heavy atom. The van der Waals surface area contributed by atoms with E-state index in [0.717, 1.165) is 6.42 Å². The highest BCUT2D eigenvalue weighted by Gasteiger charge is 2.00. The largest absolute Gasteiger partial charge is 0.193 e. The second kappa shape index (κ2) is 6.08. The van der Waals surface area contributed by atoms with E-state index in [1.807, 2.05) is 6.20 Å². The maximum absolute atomic E-state index is 3.87. The predicted molar refractivity (Wildman–Crippen MR) is 48.6 cm³/mol. The molecule has 0 aromatic carbocycles. The van der Waals surface area contributed by atoms with Crippen LogP contribution < -0.4 is 0 Å². The van der Waals surface area contributed by atoms with Gasteiger partial charge in [-0.15, -0.1) is 0 Å². The minimum Gasteiger partial charge on any atom is -0.193 e. The Balaban J connectivity index is 4.08. The van der Waals surface area contributed by atoms with Gasteiger partial charge in [-0.25, -0.2) is 0 Å². The molecule has 0 aliphatic heterocycles. The van der Waals surface area contributed by atoms with Crippen LogP contribution in [0.4, 0.5) is 0 Å². The molecule has 2 nitrogen and oxygen atoms in total. The molecule has 11 heavy (non-hydrogen) atoms. The van der Waals surface area contributed by atoms with Crippen LogP contribution in [0.15, 0.2) is 22.0 Å². The van der Waals surface area contributed by atoms with Gasteiger partial charge in [0.2, 0.25) is 0 Å². The molecule has 0 bridgehead atoms. The third-order valence-corrected chi connectivity index (χ3v) is 1.62. The molecule has 0 rings (SSSR count). The zero-order chi connectivity index (χ0) is 8.69. The molecule has 0 amide bonds. The summed E-state index contributed by atoms with van der Waals surface area (Å²) in [6.07, 6.45) is 4.20. The van der Waals surface area contributed by atoms with Crippen molar-refractivity contribution in [3.8, 4) is 0 Å². The minimum absolute atomic E-state index is 0.598. The molecule has 0 aromatic heterocycles. The molecule has 0 aliphatic rings. The first kappa shape index (κ1) is 10.3. The molecule has 0 radical (unpaired) electrons. The fourth-order valence-corrected chi connectivity index (χ4v) is 0.923. The Morgan fingerprint density at radius 1 is 1.45 bits per heavy atom. The van der Waals surface area contributed by atoms with Crippen LogP contribution in [0.2, 0.25) is 0 Å². The highest BCUT2D eigenvalue weighted by atomic mass is 15.1. The molecule has 64 valence electrons. The first-order valence-corrected chi connectivity index (χ1v) is 4.20. The van der Waals surface area contributed by atoms with Gasteiger partial charge in [0, 0.05) is 13.2 Å². The van der Waals surface area contributed by atoms with Gasteiger partial charge in [-0.3, -0.25) is 0 Å². The van der Waals surface area contributed by atoms with Crippen LogP contribution in [0.5, 0.6) is 0 Å². The van der Waals surface area contributed by atoms with E-state index in [0.29, 0.717) is 5.92 Å². The van der Waals surface area contributed by atoms with Crippen LogP contribution in [-0.4, -0.2) is 7.05 Å². The normalized spacial score (nSPS) is 13.4. The summed E-state index contributed by atoms with van der Waals surface area (Å²) in [5, 5.41) is 7.56. The summed E-state index contributed by atoms with van der Waals surface area (Å²) in [4.78, 5) is 0. The van der Waals surface area contributed by atoms with Crippen LogP contribution in [-0.2, 0) is 0 Å². The molecular weight excluding hydrogens is 136 g/mol. The van der Waals surface area contributed by atoms with Gasteiger partial charge in [-0.2, -0.15) is 10.2 Å².